The van der Waals surface area contributed by atoms with Gasteiger partial charge >= 0.3 is 5.97 Å². The fourth-order valence-electron chi connectivity index (χ4n) is 2.98. The number of nitrogens with one attached hydrogen (secondary N) is 1. The van der Waals surface area contributed by atoms with Crippen molar-refractivity contribution >= 4 is 41.1 Å². The average molecular weight is 432 g/mol. The fraction of sp³-hybridized carbons (Fsp3) is 0.333. The number of amides is 1. The Bertz CT molecular complexity index is 881. The van der Waals surface area contributed by atoms with Gasteiger partial charge in [-0.1, -0.05) is 12.1 Å². The van der Waals surface area contributed by atoms with Gasteiger partial charge in [0.05, 0.1) is 23.4 Å². The third-order valence-corrected chi connectivity index (χ3v) is 7.51. The smallest absolute Gasteiger partial charge is 0.338 e. The number of fused-ring (bicyclic) bond motifs is 1. The van der Waals surface area contributed by atoms with Crippen LogP contribution in [0.3, 0.4) is 0 Å². The van der Waals surface area contributed by atoms with Gasteiger partial charge in [-0.05, 0) is 29.8 Å². The lowest BCUT2D eigenvalue weighted by Crippen LogP contribution is -2.21. The third kappa shape index (κ3) is 5.19. The molecule has 1 N–H and O–H groups in total. The van der Waals surface area contributed by atoms with Crippen LogP contribution in [0, 0.1) is 0 Å². The second-order valence-electron chi connectivity index (χ2n) is 6.53. The molecule has 0 radical (unpaired) electrons. The van der Waals surface area contributed by atoms with Gasteiger partial charge in [-0.2, -0.15) is 0 Å². The van der Waals surface area contributed by atoms with E-state index in [9.17, 15) is 9.59 Å². The molecule has 8 heteroatoms. The number of carbonyl (C=O) groups is 2. The van der Waals surface area contributed by atoms with E-state index >= 15 is 0 Å². The van der Waals surface area contributed by atoms with Crippen LogP contribution < -0.4 is 14.8 Å². The number of thioether (sulfide) groups is 2. The minimum absolute atomic E-state index is 0.358. The summed E-state index contributed by atoms with van der Waals surface area (Å²) in [5.74, 6) is 2.62. The first-order valence-corrected chi connectivity index (χ1v) is 11.5. The largest absolute Gasteiger partial charge is 0.490 e. The number of rotatable bonds is 5. The molecular weight excluding hydrogens is 410 g/mol. The summed E-state index contributed by atoms with van der Waals surface area (Å²) in [4.78, 5) is 24.4. The zero-order valence-corrected chi connectivity index (χ0v) is 17.4. The average Bonchev–Trinajstić information content (AvgIpc) is 3.18. The van der Waals surface area contributed by atoms with Gasteiger partial charge in [-0.15, -0.1) is 23.5 Å². The molecule has 0 bridgehead atoms. The molecule has 2 aromatic carbocycles. The van der Waals surface area contributed by atoms with E-state index in [1.54, 1.807) is 30.3 Å². The van der Waals surface area contributed by atoms with Gasteiger partial charge in [0.2, 0.25) is 0 Å². The zero-order valence-electron chi connectivity index (χ0n) is 15.7. The van der Waals surface area contributed by atoms with Crippen molar-refractivity contribution in [2.45, 2.75) is 11.0 Å². The van der Waals surface area contributed by atoms with Crippen molar-refractivity contribution in [2.75, 3.05) is 36.6 Å². The first kappa shape index (κ1) is 20.0. The van der Waals surface area contributed by atoms with Gasteiger partial charge in [0, 0.05) is 29.7 Å². The van der Waals surface area contributed by atoms with Gasteiger partial charge in [0.15, 0.2) is 18.1 Å². The van der Waals surface area contributed by atoms with Crippen LogP contribution in [0.1, 0.15) is 26.9 Å². The van der Waals surface area contributed by atoms with Crippen molar-refractivity contribution in [3.8, 4) is 11.5 Å². The molecule has 0 unspecified atom stereocenters. The number of hydrogen-bond donors (Lipinski definition) is 1. The van der Waals surface area contributed by atoms with E-state index in [4.69, 9.17) is 14.2 Å². The Kier molecular flexibility index (Phi) is 6.51. The highest BCUT2D eigenvalue weighted by molar-refractivity contribution is 8.19. The van der Waals surface area contributed by atoms with Crippen molar-refractivity contribution in [2.24, 2.45) is 0 Å². The second-order valence-corrected chi connectivity index (χ2v) is 9.26. The molecule has 0 aliphatic carbocycles. The van der Waals surface area contributed by atoms with Crippen LogP contribution in [0.2, 0.25) is 0 Å². The Morgan fingerprint density at radius 2 is 1.72 bits per heavy atom. The molecule has 0 atom stereocenters. The van der Waals surface area contributed by atoms with E-state index in [1.807, 2.05) is 35.7 Å². The van der Waals surface area contributed by atoms with Crippen LogP contribution in [0.5, 0.6) is 11.5 Å². The fourth-order valence-corrected chi connectivity index (χ4v) is 5.84. The predicted octanol–water partition coefficient (Wildman–Crippen LogP) is 4.12. The maximum Gasteiger partial charge on any atom is 0.338 e. The topological polar surface area (TPSA) is 73.9 Å². The summed E-state index contributed by atoms with van der Waals surface area (Å²) in [5.41, 5.74) is 2.19. The SMILES string of the molecule is O=C(COC(=O)c1ccc(C2SCCS2)cc1)Nc1ccc2c(c1)OCCCO2. The number of carbonyl (C=O) groups excluding carboxylic acids is 2. The molecule has 0 aromatic heterocycles. The molecule has 4 rings (SSSR count). The molecule has 1 amide bonds. The molecule has 2 heterocycles. The standard InChI is InChI=1S/C21H21NO5S2/c23-19(22-16-6-7-17-18(12-16)26-9-1-8-25-17)13-27-20(24)14-2-4-15(5-3-14)21-28-10-11-29-21/h2-7,12,21H,1,8-11,13H2,(H,22,23). The quantitative estimate of drug-likeness (QED) is 0.714. The summed E-state index contributed by atoms with van der Waals surface area (Å²) in [6.07, 6.45) is 0.811. The number of ether oxygens (including phenoxy) is 3. The summed E-state index contributed by atoms with van der Waals surface area (Å²) in [5, 5.41) is 2.71. The van der Waals surface area contributed by atoms with Gasteiger partial charge in [-0.25, -0.2) is 4.79 Å². The maximum absolute atomic E-state index is 12.2. The van der Waals surface area contributed by atoms with E-state index in [0.717, 1.165) is 17.9 Å². The third-order valence-electron chi connectivity index (χ3n) is 4.41. The molecule has 6 nitrogen and oxygen atoms in total. The molecule has 29 heavy (non-hydrogen) atoms. The Labute approximate surface area is 177 Å². The Morgan fingerprint density at radius 1 is 1.00 bits per heavy atom. The van der Waals surface area contributed by atoms with Gasteiger partial charge in [0.25, 0.3) is 5.91 Å². The predicted molar refractivity (Wildman–Crippen MR) is 115 cm³/mol. The van der Waals surface area contributed by atoms with Gasteiger partial charge < -0.3 is 19.5 Å². The lowest BCUT2D eigenvalue weighted by Gasteiger charge is -2.11. The van der Waals surface area contributed by atoms with Crippen molar-refractivity contribution < 1.29 is 23.8 Å². The first-order chi connectivity index (χ1) is 14.2. The second kappa shape index (κ2) is 9.45. The Morgan fingerprint density at radius 3 is 2.48 bits per heavy atom. The molecule has 1 saturated heterocycles. The number of esters is 1. The van der Waals surface area contributed by atoms with Crippen LogP contribution in [-0.4, -0.2) is 43.2 Å². The van der Waals surface area contributed by atoms with Crippen molar-refractivity contribution in [3.05, 3.63) is 53.6 Å². The van der Waals surface area contributed by atoms with Crippen molar-refractivity contribution in [1.29, 1.82) is 0 Å². The van der Waals surface area contributed by atoms with Crippen molar-refractivity contribution in [1.82, 2.24) is 0 Å². The van der Waals surface area contributed by atoms with Crippen LogP contribution in [0.15, 0.2) is 42.5 Å². The van der Waals surface area contributed by atoms with Crippen LogP contribution >= 0.6 is 23.5 Å². The van der Waals surface area contributed by atoms with E-state index in [1.165, 1.54) is 5.56 Å². The minimum atomic E-state index is -0.517. The van der Waals surface area contributed by atoms with Crippen LogP contribution in [0.25, 0.3) is 0 Å². The number of anilines is 1. The molecule has 1 fully saturated rings. The summed E-state index contributed by atoms with van der Waals surface area (Å²) >= 11 is 3.82. The van der Waals surface area contributed by atoms with Gasteiger partial charge in [0.1, 0.15) is 0 Å². The lowest BCUT2D eigenvalue weighted by molar-refractivity contribution is -0.119. The molecule has 2 aliphatic rings. The lowest BCUT2D eigenvalue weighted by atomic mass is 10.1. The maximum atomic E-state index is 12.2. The Balaban J connectivity index is 1.29. The molecule has 152 valence electrons. The van der Waals surface area contributed by atoms with E-state index in [0.29, 0.717) is 40.5 Å². The highest BCUT2D eigenvalue weighted by atomic mass is 32.2. The zero-order chi connectivity index (χ0) is 20.1. The molecule has 0 saturated carbocycles. The summed E-state index contributed by atoms with van der Waals surface area (Å²) in [7, 11) is 0. The van der Waals surface area contributed by atoms with E-state index in [2.05, 4.69) is 5.32 Å². The Hall–Kier alpha value is -2.32. The van der Waals surface area contributed by atoms with Crippen molar-refractivity contribution in [3.63, 3.8) is 0 Å². The van der Waals surface area contributed by atoms with E-state index in [-0.39, 0.29) is 6.61 Å². The molecule has 2 aromatic rings. The first-order valence-electron chi connectivity index (χ1n) is 9.39. The highest BCUT2D eigenvalue weighted by Gasteiger charge is 2.19. The summed E-state index contributed by atoms with van der Waals surface area (Å²) in [6.45, 7) is 0.816. The minimum Gasteiger partial charge on any atom is -0.490 e. The number of benzene rings is 2. The highest BCUT2D eigenvalue weighted by Crippen LogP contribution is 2.45. The van der Waals surface area contributed by atoms with Crippen LogP contribution in [0.4, 0.5) is 5.69 Å². The monoisotopic (exact) mass is 431 g/mol. The normalized spacial score (nSPS) is 16.1. The molecule has 2 aliphatic heterocycles. The van der Waals surface area contributed by atoms with Crippen LogP contribution in [-0.2, 0) is 9.53 Å². The molecule has 0 spiro atoms. The van der Waals surface area contributed by atoms with Gasteiger partial charge in [-0.3, -0.25) is 4.79 Å². The van der Waals surface area contributed by atoms with E-state index < -0.39 is 11.9 Å². The molecular formula is C21H21NO5S2. The summed E-state index contributed by atoms with van der Waals surface area (Å²) in [6, 6.07) is 12.6. The number of hydrogen-bond acceptors (Lipinski definition) is 7. The summed E-state index contributed by atoms with van der Waals surface area (Å²) < 4.78 is 16.8.